The third kappa shape index (κ3) is 6.12. The Labute approximate surface area is 274 Å². The molecule has 9 heteroatoms. The maximum Gasteiger partial charge on any atom is 0.260 e. The molecule has 1 fully saturated rings. The van der Waals surface area contributed by atoms with Crippen molar-refractivity contribution in [3.63, 3.8) is 0 Å². The summed E-state index contributed by atoms with van der Waals surface area (Å²) in [5, 5.41) is 9.09. The highest BCUT2D eigenvalue weighted by molar-refractivity contribution is 6.10. The number of hydrogen-bond donors (Lipinski definition) is 1. The van der Waals surface area contributed by atoms with Crippen LogP contribution in [-0.4, -0.2) is 79.3 Å². The molecule has 0 saturated carbocycles. The van der Waals surface area contributed by atoms with Gasteiger partial charge in [0.15, 0.2) is 11.6 Å². The van der Waals surface area contributed by atoms with Gasteiger partial charge in [-0.3, -0.25) is 9.59 Å². The minimum atomic E-state index is -1.33. The number of hydrogen-bond acceptors (Lipinski definition) is 7. The third-order valence-electron chi connectivity index (χ3n) is 8.97. The number of aliphatic hydroxyl groups excluding tert-OH is 1. The van der Waals surface area contributed by atoms with Gasteiger partial charge in [-0.25, -0.2) is 4.99 Å². The second-order valence-electron chi connectivity index (χ2n) is 12.0. The summed E-state index contributed by atoms with van der Waals surface area (Å²) in [6, 6.07) is 33.3. The average Bonchev–Trinajstić information content (AvgIpc) is 3.51. The molecular formula is C38H37N3O6. The van der Waals surface area contributed by atoms with E-state index in [0.29, 0.717) is 63.0 Å². The first-order valence-corrected chi connectivity index (χ1v) is 16.1. The number of nitrogens with zero attached hydrogens (tertiary/aromatic N) is 3. The number of carbonyl (C=O) groups is 2. The predicted molar refractivity (Wildman–Crippen MR) is 179 cm³/mol. The third-order valence-corrected chi connectivity index (χ3v) is 8.97. The molecular weight excluding hydrogens is 594 g/mol. The van der Waals surface area contributed by atoms with Gasteiger partial charge in [0.2, 0.25) is 11.8 Å². The number of rotatable bonds is 9. The second kappa shape index (κ2) is 13.4. The van der Waals surface area contributed by atoms with E-state index in [1.807, 2.05) is 91.0 Å². The number of carbonyl (C=O) groups excluding carboxylic acids is 2. The van der Waals surface area contributed by atoms with Crippen LogP contribution in [0.5, 0.6) is 5.75 Å². The number of anilines is 1. The van der Waals surface area contributed by atoms with Gasteiger partial charge in [0, 0.05) is 43.8 Å². The molecule has 1 saturated heterocycles. The van der Waals surface area contributed by atoms with Gasteiger partial charge < -0.3 is 29.1 Å². The highest BCUT2D eigenvalue weighted by Crippen LogP contribution is 2.48. The van der Waals surface area contributed by atoms with Gasteiger partial charge in [-0.2, -0.15) is 0 Å². The van der Waals surface area contributed by atoms with E-state index in [0.717, 1.165) is 27.9 Å². The molecule has 0 radical (unpaired) electrons. The van der Waals surface area contributed by atoms with Gasteiger partial charge in [0.1, 0.15) is 12.3 Å². The van der Waals surface area contributed by atoms with E-state index in [2.05, 4.69) is 12.1 Å². The molecule has 7 rings (SSSR count). The molecule has 2 amide bonds. The number of fused-ring (bicyclic) bond motifs is 1. The molecule has 2 atom stereocenters. The number of ether oxygens (including phenoxy) is 3. The minimum absolute atomic E-state index is 0.0603. The SMILES string of the molecule is O=C(CN1C(=O)[C@@]2(Cc3ccccc31)N=C(c1ccc(OCCCO)cc1)O[C@H]2c1ccc(-c2ccccc2)cc1)N1CCOCC1. The lowest BCUT2D eigenvalue weighted by atomic mass is 9.78. The van der Waals surface area contributed by atoms with E-state index in [1.165, 1.54) is 0 Å². The fraction of sp³-hybridized carbons (Fsp3) is 0.289. The van der Waals surface area contributed by atoms with Crippen LogP contribution in [0.2, 0.25) is 0 Å². The number of benzene rings is 4. The van der Waals surface area contributed by atoms with E-state index < -0.39 is 11.6 Å². The maximum atomic E-state index is 14.9. The van der Waals surface area contributed by atoms with E-state index in [9.17, 15) is 9.59 Å². The van der Waals surface area contributed by atoms with Crippen LogP contribution in [0.15, 0.2) is 108 Å². The van der Waals surface area contributed by atoms with E-state index in [1.54, 1.807) is 9.80 Å². The standard InChI is InChI=1S/C38H37N3O6/c42-21-6-22-46-32-17-15-30(16-18-32)36-39-38(35(47-36)29-13-11-28(12-14-29)27-7-2-1-3-8-27)25-31-9-4-5-10-33(31)41(37(38)44)26-34(43)40-19-23-45-24-20-40/h1-5,7-18,35,42H,6,19-26H2/t35-,38-/m0/s1. The summed E-state index contributed by atoms with van der Waals surface area (Å²) in [5.74, 6) is 0.626. The predicted octanol–water partition coefficient (Wildman–Crippen LogP) is 4.82. The lowest BCUT2D eigenvalue weighted by Crippen LogP contribution is -2.58. The molecule has 47 heavy (non-hydrogen) atoms. The molecule has 240 valence electrons. The molecule has 1 N–H and O–H groups in total. The number of amides is 2. The number of morpholine rings is 1. The van der Waals surface area contributed by atoms with Crippen LogP contribution in [-0.2, 0) is 25.5 Å². The van der Waals surface area contributed by atoms with Crippen molar-refractivity contribution < 1.29 is 28.9 Å². The van der Waals surface area contributed by atoms with Crippen LogP contribution in [0.1, 0.15) is 29.2 Å². The van der Waals surface area contributed by atoms with Gasteiger partial charge in [-0.05, 0) is 52.6 Å². The van der Waals surface area contributed by atoms with Crippen molar-refractivity contribution >= 4 is 23.4 Å². The molecule has 0 aromatic heterocycles. The van der Waals surface area contributed by atoms with E-state index in [-0.39, 0.29) is 25.0 Å². The molecule has 3 heterocycles. The van der Waals surface area contributed by atoms with Gasteiger partial charge in [-0.15, -0.1) is 0 Å². The lowest BCUT2D eigenvalue weighted by Gasteiger charge is -2.41. The monoisotopic (exact) mass is 631 g/mol. The van der Waals surface area contributed by atoms with E-state index in [4.69, 9.17) is 24.3 Å². The molecule has 1 spiro atoms. The lowest BCUT2D eigenvalue weighted by molar-refractivity contribution is -0.136. The topological polar surface area (TPSA) is 101 Å². The van der Waals surface area contributed by atoms with Gasteiger partial charge in [0.25, 0.3) is 5.91 Å². The Balaban J connectivity index is 1.27. The number of aliphatic imine (C=N–C) groups is 1. The smallest absolute Gasteiger partial charge is 0.260 e. The normalized spacial score (nSPS) is 20.5. The molecule has 9 nitrogen and oxygen atoms in total. The van der Waals surface area contributed by atoms with Crippen molar-refractivity contribution in [1.82, 2.24) is 4.90 Å². The van der Waals surface area contributed by atoms with Crippen molar-refractivity contribution in [3.05, 3.63) is 120 Å². The first-order chi connectivity index (χ1) is 23.1. The second-order valence-corrected chi connectivity index (χ2v) is 12.0. The van der Waals surface area contributed by atoms with Crippen molar-refractivity contribution in [1.29, 1.82) is 0 Å². The largest absolute Gasteiger partial charge is 0.494 e. The number of para-hydroxylation sites is 1. The highest BCUT2D eigenvalue weighted by Gasteiger charge is 2.57. The van der Waals surface area contributed by atoms with Crippen molar-refractivity contribution in [2.45, 2.75) is 24.5 Å². The first kappa shape index (κ1) is 30.7. The van der Waals surface area contributed by atoms with Crippen LogP contribution >= 0.6 is 0 Å². The zero-order chi connectivity index (χ0) is 32.2. The van der Waals surface area contributed by atoms with Crippen LogP contribution in [0, 0.1) is 0 Å². The van der Waals surface area contributed by atoms with Gasteiger partial charge >= 0.3 is 0 Å². The summed E-state index contributed by atoms with van der Waals surface area (Å²) < 4.78 is 17.9. The van der Waals surface area contributed by atoms with Crippen molar-refractivity contribution in [3.8, 4) is 16.9 Å². The number of aliphatic hydroxyl groups is 1. The summed E-state index contributed by atoms with van der Waals surface area (Å²) in [5.41, 5.74) is 3.99. The summed E-state index contributed by atoms with van der Waals surface area (Å²) >= 11 is 0. The fourth-order valence-corrected chi connectivity index (χ4v) is 6.51. The molecule has 0 bridgehead atoms. The average molecular weight is 632 g/mol. The maximum absolute atomic E-state index is 14.9. The van der Waals surface area contributed by atoms with Crippen LogP contribution in [0.25, 0.3) is 11.1 Å². The summed E-state index contributed by atoms with van der Waals surface area (Å²) in [4.78, 5) is 36.9. The van der Waals surface area contributed by atoms with Crippen LogP contribution < -0.4 is 9.64 Å². The zero-order valence-electron chi connectivity index (χ0n) is 26.1. The van der Waals surface area contributed by atoms with Crippen LogP contribution in [0.3, 0.4) is 0 Å². The molecule has 0 unspecified atom stereocenters. The Morgan fingerprint density at radius 2 is 1.55 bits per heavy atom. The van der Waals surface area contributed by atoms with Crippen LogP contribution in [0.4, 0.5) is 5.69 Å². The van der Waals surface area contributed by atoms with Crippen molar-refractivity contribution in [2.24, 2.45) is 4.99 Å². The summed E-state index contributed by atoms with van der Waals surface area (Å²) in [6.45, 7) is 2.32. The Kier molecular flexibility index (Phi) is 8.74. The first-order valence-electron chi connectivity index (χ1n) is 16.1. The fourth-order valence-electron chi connectivity index (χ4n) is 6.51. The van der Waals surface area contributed by atoms with E-state index >= 15 is 0 Å². The van der Waals surface area contributed by atoms with Crippen molar-refractivity contribution in [2.75, 3.05) is 51.0 Å². The quantitative estimate of drug-likeness (QED) is 0.266. The Bertz CT molecular complexity index is 1750. The molecule has 3 aliphatic rings. The molecule has 4 aromatic rings. The minimum Gasteiger partial charge on any atom is -0.494 e. The molecule has 3 aliphatic heterocycles. The molecule has 0 aliphatic carbocycles. The zero-order valence-corrected chi connectivity index (χ0v) is 26.1. The highest BCUT2D eigenvalue weighted by atomic mass is 16.5. The Morgan fingerprint density at radius 1 is 0.872 bits per heavy atom. The summed E-state index contributed by atoms with van der Waals surface area (Å²) in [6.07, 6.45) is 0.129. The Hall–Kier alpha value is -4.99. The Morgan fingerprint density at radius 3 is 2.30 bits per heavy atom. The summed E-state index contributed by atoms with van der Waals surface area (Å²) in [7, 11) is 0. The molecule has 4 aromatic carbocycles. The van der Waals surface area contributed by atoms with Gasteiger partial charge in [0.05, 0.1) is 19.8 Å². The van der Waals surface area contributed by atoms with Gasteiger partial charge in [-0.1, -0.05) is 72.8 Å².